The van der Waals surface area contributed by atoms with E-state index in [4.69, 9.17) is 0 Å². The fourth-order valence-electron chi connectivity index (χ4n) is 2.02. The summed E-state index contributed by atoms with van der Waals surface area (Å²) >= 11 is 0. The van der Waals surface area contributed by atoms with Gasteiger partial charge >= 0.3 is 12.4 Å². The Bertz CT molecular complexity index is 675. The highest BCUT2D eigenvalue weighted by atomic mass is 19.4. The molecule has 1 aliphatic carbocycles. The molecule has 0 bridgehead atoms. The van der Waals surface area contributed by atoms with E-state index in [2.05, 4.69) is 0 Å². The Morgan fingerprint density at radius 2 is 1.27 bits per heavy atom. The molecule has 0 fully saturated rings. The zero-order valence-electron chi connectivity index (χ0n) is 10.5. The normalized spacial score (nSPS) is 16.0. The number of ketones is 2. The summed E-state index contributed by atoms with van der Waals surface area (Å²) in [6, 6.07) is 1.46. The standard InChI is InChI=1S/C14H6F6O2/c15-13(16,17)9-2-1-3-10(14(18,19)20)12(9)8-6-7(21)4-5-11(8)22/h1-6H. The minimum Gasteiger partial charge on any atom is -0.290 e. The van der Waals surface area contributed by atoms with E-state index in [-0.39, 0.29) is 0 Å². The lowest BCUT2D eigenvalue weighted by Crippen LogP contribution is -2.19. The zero-order valence-corrected chi connectivity index (χ0v) is 10.5. The van der Waals surface area contributed by atoms with Gasteiger partial charge in [0.1, 0.15) is 0 Å². The molecule has 0 atom stereocenters. The summed E-state index contributed by atoms with van der Waals surface area (Å²) in [5.74, 6) is -1.96. The fourth-order valence-corrected chi connectivity index (χ4v) is 2.02. The summed E-state index contributed by atoms with van der Waals surface area (Å²) in [6.07, 6.45) is -8.33. The second kappa shape index (κ2) is 5.11. The van der Waals surface area contributed by atoms with Crippen molar-refractivity contribution in [2.75, 3.05) is 0 Å². The Kier molecular flexibility index (Phi) is 3.72. The van der Waals surface area contributed by atoms with E-state index in [0.29, 0.717) is 30.4 Å². The smallest absolute Gasteiger partial charge is 0.290 e. The van der Waals surface area contributed by atoms with Gasteiger partial charge in [0, 0.05) is 11.1 Å². The van der Waals surface area contributed by atoms with E-state index < -0.39 is 46.2 Å². The molecule has 0 N–H and O–H groups in total. The van der Waals surface area contributed by atoms with Gasteiger partial charge in [-0.25, -0.2) is 0 Å². The van der Waals surface area contributed by atoms with E-state index in [1.54, 1.807) is 0 Å². The van der Waals surface area contributed by atoms with Crippen molar-refractivity contribution >= 4 is 17.1 Å². The topological polar surface area (TPSA) is 34.1 Å². The van der Waals surface area contributed by atoms with Crippen molar-refractivity contribution in [3.63, 3.8) is 0 Å². The Morgan fingerprint density at radius 1 is 0.773 bits per heavy atom. The number of benzene rings is 1. The second-order valence-electron chi connectivity index (χ2n) is 4.38. The molecule has 22 heavy (non-hydrogen) atoms. The van der Waals surface area contributed by atoms with Crippen molar-refractivity contribution in [1.82, 2.24) is 0 Å². The van der Waals surface area contributed by atoms with Crippen LogP contribution in [0.15, 0.2) is 36.4 Å². The molecular weight excluding hydrogens is 314 g/mol. The number of rotatable bonds is 1. The van der Waals surface area contributed by atoms with Crippen molar-refractivity contribution < 1.29 is 35.9 Å². The number of hydrogen-bond donors (Lipinski definition) is 0. The van der Waals surface area contributed by atoms with Crippen LogP contribution in [0.25, 0.3) is 5.57 Å². The SMILES string of the molecule is O=C1C=CC(=O)C(c2c(C(F)(F)F)cccc2C(F)(F)F)=C1. The third-order valence-electron chi connectivity index (χ3n) is 2.90. The van der Waals surface area contributed by atoms with Crippen LogP contribution in [0.4, 0.5) is 26.3 Å². The summed E-state index contributed by atoms with van der Waals surface area (Å²) in [4.78, 5) is 22.9. The van der Waals surface area contributed by atoms with Crippen LogP contribution in [0.3, 0.4) is 0 Å². The maximum Gasteiger partial charge on any atom is 0.417 e. The maximum atomic E-state index is 13.0. The number of carbonyl (C=O) groups excluding carboxylic acids is 2. The molecule has 0 spiro atoms. The lowest BCUT2D eigenvalue weighted by Gasteiger charge is -2.20. The van der Waals surface area contributed by atoms with Crippen molar-refractivity contribution in [1.29, 1.82) is 0 Å². The minimum atomic E-state index is -5.11. The molecule has 0 heterocycles. The fraction of sp³-hybridized carbons (Fsp3) is 0.143. The average molecular weight is 320 g/mol. The number of halogens is 6. The first-order valence-electron chi connectivity index (χ1n) is 5.77. The van der Waals surface area contributed by atoms with Crippen LogP contribution in [-0.2, 0) is 21.9 Å². The van der Waals surface area contributed by atoms with Gasteiger partial charge in [0.15, 0.2) is 11.6 Å². The Morgan fingerprint density at radius 3 is 1.73 bits per heavy atom. The quantitative estimate of drug-likeness (QED) is 0.582. The van der Waals surface area contributed by atoms with Crippen LogP contribution < -0.4 is 0 Å². The highest BCUT2D eigenvalue weighted by molar-refractivity contribution is 6.34. The number of alkyl halides is 6. The number of hydrogen-bond acceptors (Lipinski definition) is 2. The van der Waals surface area contributed by atoms with Crippen LogP contribution in [0.1, 0.15) is 16.7 Å². The summed E-state index contributed by atoms with van der Waals surface area (Å²) in [6.45, 7) is 0. The van der Waals surface area contributed by atoms with E-state index in [1.807, 2.05) is 0 Å². The first-order chi connectivity index (χ1) is 10.0. The van der Waals surface area contributed by atoms with Crippen LogP contribution >= 0.6 is 0 Å². The summed E-state index contributed by atoms with van der Waals surface area (Å²) in [5.41, 5.74) is -5.49. The van der Waals surface area contributed by atoms with Gasteiger partial charge in [-0.05, 0) is 30.4 Å². The van der Waals surface area contributed by atoms with Gasteiger partial charge in [-0.2, -0.15) is 26.3 Å². The second-order valence-corrected chi connectivity index (χ2v) is 4.38. The van der Waals surface area contributed by atoms with E-state index in [0.717, 1.165) is 6.08 Å². The molecule has 1 aromatic rings. The molecule has 2 rings (SSSR count). The van der Waals surface area contributed by atoms with Gasteiger partial charge in [-0.3, -0.25) is 9.59 Å². The Hall–Kier alpha value is -2.38. The highest BCUT2D eigenvalue weighted by Gasteiger charge is 2.42. The summed E-state index contributed by atoms with van der Waals surface area (Å²) in [5, 5.41) is 0. The Labute approximate surface area is 119 Å². The first-order valence-corrected chi connectivity index (χ1v) is 5.77. The number of allylic oxidation sites excluding steroid dienone is 4. The molecular formula is C14H6F6O2. The molecule has 0 radical (unpaired) electrons. The average Bonchev–Trinajstić information content (AvgIpc) is 2.38. The zero-order chi connectivity index (χ0) is 16.7. The van der Waals surface area contributed by atoms with Crippen molar-refractivity contribution in [3.05, 3.63) is 53.1 Å². The summed E-state index contributed by atoms with van der Waals surface area (Å²) < 4.78 is 77.9. The third kappa shape index (κ3) is 2.95. The van der Waals surface area contributed by atoms with Gasteiger partial charge < -0.3 is 0 Å². The lowest BCUT2D eigenvalue weighted by atomic mass is 9.88. The minimum absolute atomic E-state index is 0.432. The molecule has 0 amide bonds. The molecule has 0 unspecified atom stereocenters. The number of carbonyl (C=O) groups is 2. The van der Waals surface area contributed by atoms with Gasteiger partial charge in [0.05, 0.1) is 11.1 Å². The molecule has 0 aliphatic heterocycles. The van der Waals surface area contributed by atoms with Crippen LogP contribution in [0.2, 0.25) is 0 Å². The van der Waals surface area contributed by atoms with Crippen LogP contribution in [0.5, 0.6) is 0 Å². The molecule has 0 saturated heterocycles. The lowest BCUT2D eigenvalue weighted by molar-refractivity contribution is -0.143. The molecule has 1 aliphatic rings. The van der Waals surface area contributed by atoms with E-state index in [1.165, 1.54) is 0 Å². The molecule has 2 nitrogen and oxygen atoms in total. The Balaban J connectivity index is 2.82. The van der Waals surface area contributed by atoms with Crippen LogP contribution in [0, 0.1) is 0 Å². The van der Waals surface area contributed by atoms with Gasteiger partial charge in [0.25, 0.3) is 0 Å². The largest absolute Gasteiger partial charge is 0.417 e. The molecule has 1 aromatic carbocycles. The van der Waals surface area contributed by atoms with Crippen molar-refractivity contribution in [2.24, 2.45) is 0 Å². The van der Waals surface area contributed by atoms with Gasteiger partial charge in [-0.15, -0.1) is 0 Å². The third-order valence-corrected chi connectivity index (χ3v) is 2.90. The van der Waals surface area contributed by atoms with Crippen molar-refractivity contribution in [2.45, 2.75) is 12.4 Å². The van der Waals surface area contributed by atoms with E-state index in [9.17, 15) is 35.9 Å². The maximum absolute atomic E-state index is 13.0. The summed E-state index contributed by atoms with van der Waals surface area (Å²) in [7, 11) is 0. The monoisotopic (exact) mass is 320 g/mol. The van der Waals surface area contributed by atoms with E-state index >= 15 is 0 Å². The van der Waals surface area contributed by atoms with Gasteiger partial charge in [0.2, 0.25) is 0 Å². The predicted octanol–water partition coefficient (Wildman–Crippen LogP) is 3.82. The highest BCUT2D eigenvalue weighted by Crippen LogP contribution is 2.42. The molecule has 0 aromatic heterocycles. The molecule has 116 valence electrons. The predicted molar refractivity (Wildman–Crippen MR) is 63.6 cm³/mol. The molecule has 8 heteroatoms. The van der Waals surface area contributed by atoms with Crippen LogP contribution in [-0.4, -0.2) is 11.6 Å². The first kappa shape index (κ1) is 16.0. The van der Waals surface area contributed by atoms with Crippen molar-refractivity contribution in [3.8, 4) is 0 Å². The van der Waals surface area contributed by atoms with Gasteiger partial charge in [-0.1, -0.05) is 6.07 Å². The molecule has 0 saturated carbocycles.